The molecule has 6 rings (SSSR count). The minimum absolute atomic E-state index is 0.568. The Bertz CT molecular complexity index is 1340. The molecular weight excluding hydrogens is 412 g/mol. The molecule has 3 aromatic heterocycles. The molecule has 168 valence electrons. The van der Waals surface area contributed by atoms with Gasteiger partial charge in [-0.1, -0.05) is 18.2 Å². The molecule has 2 aliphatic rings. The Balaban J connectivity index is 1.39. The van der Waals surface area contributed by atoms with Gasteiger partial charge < -0.3 is 9.64 Å². The van der Waals surface area contributed by atoms with Gasteiger partial charge in [0.2, 0.25) is 0 Å². The summed E-state index contributed by atoms with van der Waals surface area (Å²) in [4.78, 5) is 14.7. The minimum atomic E-state index is 0.568. The Labute approximate surface area is 193 Å². The van der Waals surface area contributed by atoms with Crippen molar-refractivity contribution < 1.29 is 4.74 Å². The molecule has 1 aromatic carbocycles. The van der Waals surface area contributed by atoms with E-state index in [-0.39, 0.29) is 0 Å². The Morgan fingerprint density at radius 1 is 1.06 bits per heavy atom. The van der Waals surface area contributed by atoms with E-state index in [1.807, 2.05) is 12.3 Å². The second-order valence-corrected chi connectivity index (χ2v) is 9.30. The first-order chi connectivity index (χ1) is 16.0. The van der Waals surface area contributed by atoms with Gasteiger partial charge in [-0.2, -0.15) is 5.10 Å². The van der Waals surface area contributed by atoms with Crippen LogP contribution in [0.15, 0.2) is 42.6 Å². The molecule has 2 unspecified atom stereocenters. The number of likely N-dealkylation sites (N-methyl/N-ethyl adjacent to an activating group) is 1. The highest BCUT2D eigenvalue weighted by atomic mass is 16.5. The number of aryl methyl sites for hydroxylation is 1. The van der Waals surface area contributed by atoms with Gasteiger partial charge in [0, 0.05) is 48.6 Å². The van der Waals surface area contributed by atoms with Crippen LogP contribution in [0.3, 0.4) is 0 Å². The maximum Gasteiger partial charge on any atom is 0.147 e. The molecule has 0 spiro atoms. The molecule has 2 atom stereocenters. The number of benzene rings is 1. The number of nitrogens with one attached hydrogen (secondary N) is 1. The van der Waals surface area contributed by atoms with E-state index in [0.29, 0.717) is 12.1 Å². The number of aromatic amines is 1. The molecule has 2 fully saturated rings. The molecule has 0 aliphatic carbocycles. The predicted molar refractivity (Wildman–Crippen MR) is 131 cm³/mol. The third-order valence-corrected chi connectivity index (χ3v) is 7.41. The van der Waals surface area contributed by atoms with E-state index in [1.54, 1.807) is 7.11 Å². The van der Waals surface area contributed by atoms with Crippen LogP contribution in [0.4, 0.5) is 5.82 Å². The Hall–Kier alpha value is -3.45. The number of hydrogen-bond donors (Lipinski definition) is 1. The summed E-state index contributed by atoms with van der Waals surface area (Å²) in [5.41, 5.74) is 7.76. The van der Waals surface area contributed by atoms with Gasteiger partial charge >= 0.3 is 0 Å². The third kappa shape index (κ3) is 3.18. The van der Waals surface area contributed by atoms with Crippen LogP contribution < -0.4 is 9.64 Å². The van der Waals surface area contributed by atoms with Crippen molar-refractivity contribution in [3.63, 3.8) is 0 Å². The predicted octanol–water partition coefficient (Wildman–Crippen LogP) is 4.21. The number of piperazine rings is 1. The van der Waals surface area contributed by atoms with Crippen LogP contribution >= 0.6 is 0 Å². The van der Waals surface area contributed by atoms with Crippen LogP contribution in [0.25, 0.3) is 33.5 Å². The lowest BCUT2D eigenvalue weighted by Crippen LogP contribution is -2.44. The van der Waals surface area contributed by atoms with E-state index < -0.39 is 0 Å². The van der Waals surface area contributed by atoms with E-state index in [2.05, 4.69) is 71.2 Å². The van der Waals surface area contributed by atoms with Gasteiger partial charge in [-0.3, -0.25) is 10.00 Å². The lowest BCUT2D eigenvalue weighted by molar-refractivity contribution is 0.292. The lowest BCUT2D eigenvalue weighted by atomic mass is 9.99. The van der Waals surface area contributed by atoms with Crippen molar-refractivity contribution in [1.29, 1.82) is 0 Å². The third-order valence-electron chi connectivity index (χ3n) is 7.41. The summed E-state index contributed by atoms with van der Waals surface area (Å²) in [5.74, 6) is 1.78. The molecule has 2 aliphatic heterocycles. The SMILES string of the molecule is COc1cc2[nH]nc(-c3ccc(N4CC5CC4CN5C)nc3)c2nc1-c1cccc(C)c1C. The second-order valence-electron chi connectivity index (χ2n) is 9.30. The molecule has 0 saturated carbocycles. The summed E-state index contributed by atoms with van der Waals surface area (Å²) < 4.78 is 5.69. The summed E-state index contributed by atoms with van der Waals surface area (Å²) >= 11 is 0. The van der Waals surface area contributed by atoms with Gasteiger partial charge in [-0.15, -0.1) is 0 Å². The number of H-pyrrole nitrogens is 1. The van der Waals surface area contributed by atoms with Crippen molar-refractivity contribution in [2.45, 2.75) is 32.4 Å². The van der Waals surface area contributed by atoms with E-state index in [1.165, 1.54) is 17.5 Å². The van der Waals surface area contributed by atoms with Gasteiger partial charge in [-0.05, 0) is 50.6 Å². The lowest BCUT2D eigenvalue weighted by Gasteiger charge is -2.32. The second kappa shape index (κ2) is 7.56. The van der Waals surface area contributed by atoms with Gasteiger partial charge in [0.15, 0.2) is 0 Å². The number of aromatic nitrogens is 4. The van der Waals surface area contributed by atoms with Crippen LogP contribution in [0.5, 0.6) is 5.75 Å². The molecule has 5 heterocycles. The number of likely N-dealkylation sites (tertiary alicyclic amines) is 1. The fraction of sp³-hybridized carbons (Fsp3) is 0.346. The fourth-order valence-electron chi connectivity index (χ4n) is 5.33. The average Bonchev–Trinajstić information content (AvgIpc) is 3.53. The molecule has 7 heteroatoms. The number of methoxy groups -OCH3 is 1. The van der Waals surface area contributed by atoms with Crippen molar-refractivity contribution in [1.82, 2.24) is 25.1 Å². The Morgan fingerprint density at radius 2 is 1.94 bits per heavy atom. The topological polar surface area (TPSA) is 70.2 Å². The van der Waals surface area contributed by atoms with Crippen molar-refractivity contribution in [3.05, 3.63) is 53.7 Å². The fourth-order valence-corrected chi connectivity index (χ4v) is 5.33. The van der Waals surface area contributed by atoms with E-state index in [0.717, 1.165) is 58.2 Å². The maximum absolute atomic E-state index is 5.69. The molecule has 1 N–H and O–H groups in total. The Morgan fingerprint density at radius 3 is 2.64 bits per heavy atom. The number of fused-ring (bicyclic) bond motifs is 3. The number of nitrogens with zero attached hydrogens (tertiary/aromatic N) is 5. The largest absolute Gasteiger partial charge is 0.494 e. The van der Waals surface area contributed by atoms with Crippen molar-refractivity contribution in [2.24, 2.45) is 0 Å². The molecule has 7 nitrogen and oxygen atoms in total. The first kappa shape index (κ1) is 20.2. The zero-order chi connectivity index (χ0) is 22.7. The molecule has 0 amide bonds. The number of pyridine rings is 2. The van der Waals surface area contributed by atoms with Gasteiger partial charge in [0.05, 0.1) is 12.6 Å². The highest BCUT2D eigenvalue weighted by Crippen LogP contribution is 2.37. The molecule has 33 heavy (non-hydrogen) atoms. The van der Waals surface area contributed by atoms with E-state index in [9.17, 15) is 0 Å². The summed E-state index contributed by atoms with van der Waals surface area (Å²) in [7, 11) is 3.90. The van der Waals surface area contributed by atoms with Crippen LogP contribution in [-0.4, -0.2) is 64.4 Å². The van der Waals surface area contributed by atoms with E-state index >= 15 is 0 Å². The zero-order valence-electron chi connectivity index (χ0n) is 19.5. The zero-order valence-corrected chi connectivity index (χ0v) is 19.5. The molecule has 2 bridgehead atoms. The van der Waals surface area contributed by atoms with Crippen LogP contribution in [0.1, 0.15) is 17.5 Å². The highest BCUT2D eigenvalue weighted by molar-refractivity contribution is 5.93. The molecule has 4 aromatic rings. The maximum atomic E-state index is 5.69. The molecule has 0 radical (unpaired) electrons. The highest BCUT2D eigenvalue weighted by Gasteiger charge is 2.41. The summed E-state index contributed by atoms with van der Waals surface area (Å²) in [6, 6.07) is 13.7. The summed E-state index contributed by atoms with van der Waals surface area (Å²) in [6.45, 7) is 6.41. The van der Waals surface area contributed by atoms with Crippen molar-refractivity contribution in [2.75, 3.05) is 32.1 Å². The van der Waals surface area contributed by atoms with Crippen molar-refractivity contribution in [3.8, 4) is 28.3 Å². The normalized spacial score (nSPS) is 20.2. The smallest absolute Gasteiger partial charge is 0.147 e. The number of ether oxygens (including phenoxy) is 1. The summed E-state index contributed by atoms with van der Waals surface area (Å²) in [6.07, 6.45) is 3.15. The van der Waals surface area contributed by atoms with Crippen LogP contribution in [0.2, 0.25) is 0 Å². The van der Waals surface area contributed by atoms with Crippen molar-refractivity contribution >= 4 is 16.9 Å². The van der Waals surface area contributed by atoms with Crippen LogP contribution in [0, 0.1) is 13.8 Å². The first-order valence-electron chi connectivity index (χ1n) is 11.5. The van der Waals surface area contributed by atoms with Gasteiger partial charge in [-0.25, -0.2) is 9.97 Å². The quantitative estimate of drug-likeness (QED) is 0.513. The molecular formula is C26H28N6O. The van der Waals surface area contributed by atoms with E-state index in [4.69, 9.17) is 14.7 Å². The summed E-state index contributed by atoms with van der Waals surface area (Å²) in [5, 5.41) is 7.71. The standard InChI is InChI=1S/C26H28N6O/c1-15-6-5-7-20(16(15)2)25-22(33-4)11-21-26(28-25)24(30-29-21)17-8-9-23(27-12-17)32-14-18-10-19(32)13-31(18)3/h5-9,11-12,18-19H,10,13-14H2,1-4H3,(H,29,30). The van der Waals surface area contributed by atoms with Crippen LogP contribution in [-0.2, 0) is 0 Å². The van der Waals surface area contributed by atoms with Gasteiger partial charge in [0.25, 0.3) is 0 Å². The molecule has 2 saturated heterocycles. The number of rotatable bonds is 4. The Kier molecular flexibility index (Phi) is 4.62. The number of anilines is 1. The average molecular weight is 441 g/mol. The number of hydrogen-bond acceptors (Lipinski definition) is 6. The monoisotopic (exact) mass is 440 g/mol. The van der Waals surface area contributed by atoms with Gasteiger partial charge in [0.1, 0.15) is 28.5 Å². The first-order valence-corrected chi connectivity index (χ1v) is 11.5. The minimum Gasteiger partial charge on any atom is -0.494 e.